The molecule has 4 rings (SSSR count). The molecule has 3 aromatic rings. The van der Waals surface area contributed by atoms with E-state index in [1.807, 2.05) is 56.0 Å². The molecule has 2 unspecified atom stereocenters. The van der Waals surface area contributed by atoms with Crippen LogP contribution in [0, 0.1) is 0 Å². The van der Waals surface area contributed by atoms with Gasteiger partial charge >= 0.3 is 0 Å². The zero-order valence-corrected chi connectivity index (χ0v) is 29.7. The van der Waals surface area contributed by atoms with Crippen molar-refractivity contribution < 1.29 is 31.3 Å². The summed E-state index contributed by atoms with van der Waals surface area (Å²) in [5, 5.41) is 0.680. The van der Waals surface area contributed by atoms with Gasteiger partial charge in [0.15, 0.2) is 11.0 Å². The van der Waals surface area contributed by atoms with E-state index in [0.717, 1.165) is 34.1 Å². The van der Waals surface area contributed by atoms with E-state index >= 15 is 0 Å². The number of imidazole rings is 1. The Morgan fingerprint density at radius 1 is 0.978 bits per heavy atom. The Hall–Kier alpha value is -1.71. The Balaban J connectivity index is 1.79. The van der Waals surface area contributed by atoms with Gasteiger partial charge in [-0.25, -0.2) is 14.0 Å². The van der Waals surface area contributed by atoms with Gasteiger partial charge in [-0.1, -0.05) is 64.8 Å². The Kier molecular flexibility index (Phi) is 12.4. The topological polar surface area (TPSA) is 111 Å². The maximum absolute atomic E-state index is 11.8. The molecule has 16 heteroatoms. The van der Waals surface area contributed by atoms with Crippen LogP contribution in [0.5, 0.6) is 0 Å². The van der Waals surface area contributed by atoms with E-state index in [0.29, 0.717) is 52.7 Å². The Labute approximate surface area is 287 Å². The van der Waals surface area contributed by atoms with Gasteiger partial charge in [0.1, 0.15) is 5.82 Å². The summed E-state index contributed by atoms with van der Waals surface area (Å²) in [6.45, 7) is 9.39. The minimum Gasteiger partial charge on any atom is -0.774 e. The highest BCUT2D eigenvalue weighted by atomic mass is 35.5. The zero-order chi connectivity index (χ0) is 33.1. The van der Waals surface area contributed by atoms with Crippen molar-refractivity contribution >= 4 is 97.3 Å². The fourth-order valence-electron chi connectivity index (χ4n) is 5.32. The lowest BCUT2D eigenvalue weighted by Gasteiger charge is -2.25. The molecule has 2 heterocycles. The molecule has 0 amide bonds. The van der Waals surface area contributed by atoms with Crippen molar-refractivity contribution in [3.63, 3.8) is 0 Å². The highest BCUT2D eigenvalue weighted by molar-refractivity contribution is 7.88. The predicted octanol–water partition coefficient (Wildman–Crippen LogP) is 7.94. The Morgan fingerprint density at radius 3 is 2.20 bits per heavy atom. The first-order chi connectivity index (χ1) is 21.3. The monoisotopic (exact) mass is 738 g/mol. The number of fused-ring (bicyclic) bond motifs is 2. The Bertz CT molecular complexity index is 1720. The van der Waals surface area contributed by atoms with Crippen molar-refractivity contribution in [1.29, 1.82) is 0 Å². The van der Waals surface area contributed by atoms with Crippen LogP contribution in [-0.2, 0) is 32.4 Å². The molecular weight excluding hydrogens is 706 g/mol. The lowest BCUT2D eigenvalue weighted by atomic mass is 10.2. The molecule has 10 nitrogen and oxygen atoms in total. The fraction of sp³-hybridized carbons (Fsp3) is 0.414. The molecule has 2 aromatic carbocycles. The van der Waals surface area contributed by atoms with Crippen molar-refractivity contribution in [3.8, 4) is 0 Å². The number of hydrogen-bond donors (Lipinski definition) is 1. The first-order valence-corrected chi connectivity index (χ1v) is 17.9. The second kappa shape index (κ2) is 15.5. The molecule has 0 aliphatic carbocycles. The third-order valence-corrected chi connectivity index (χ3v) is 10.5. The summed E-state index contributed by atoms with van der Waals surface area (Å²) in [4.78, 5) is 9.15. The SMILES string of the molecule is CCN1/C(=C/C=C/c2n(CC)c3cc(Cl)c(Cl)cc3[n+]2CCC(C)OOS[O-])N(CCC(C)S(=O)(=O)O)c2cc(Cl)c(Cl)cc21. The zero-order valence-electron chi connectivity index (χ0n) is 25.0. The van der Waals surface area contributed by atoms with E-state index in [4.69, 9.17) is 51.3 Å². The predicted molar refractivity (Wildman–Crippen MR) is 182 cm³/mol. The lowest BCUT2D eigenvalue weighted by Crippen LogP contribution is -2.38. The first kappa shape index (κ1) is 36.1. The summed E-state index contributed by atoms with van der Waals surface area (Å²) in [6.07, 6.45) is 6.20. The molecule has 1 aromatic heterocycles. The van der Waals surface area contributed by atoms with Gasteiger partial charge in [-0.05, 0) is 52.3 Å². The van der Waals surface area contributed by atoms with E-state index in [-0.39, 0.29) is 24.8 Å². The maximum atomic E-state index is 11.8. The summed E-state index contributed by atoms with van der Waals surface area (Å²) in [6, 6.07) is 7.22. The van der Waals surface area contributed by atoms with Crippen LogP contribution in [0.15, 0.2) is 42.2 Å². The van der Waals surface area contributed by atoms with E-state index < -0.39 is 15.4 Å². The quantitative estimate of drug-likeness (QED) is 0.0579. The van der Waals surface area contributed by atoms with Crippen LogP contribution >= 0.6 is 58.7 Å². The molecule has 1 N–H and O–H groups in total. The molecule has 246 valence electrons. The third kappa shape index (κ3) is 8.06. The summed E-state index contributed by atoms with van der Waals surface area (Å²) >= 11 is 25.5. The molecule has 0 saturated heterocycles. The normalized spacial score (nSPS) is 16.0. The first-order valence-electron chi connectivity index (χ1n) is 14.2. The summed E-state index contributed by atoms with van der Waals surface area (Å²) in [5.41, 5.74) is 3.38. The van der Waals surface area contributed by atoms with Crippen LogP contribution in [0.1, 0.15) is 46.4 Å². The standard InChI is InChI=1S/C29H34Cl4N4O6S2/c1-5-34-24-14-20(30)22(32)16-26(24)36(12-10-18(3)42-43-44-38)28(34)8-7-9-29-35(6-2)25-15-21(31)23(33)17-27(25)37(29)13-11-19(4)45(39,40)41/h7-9,14-19H,5-6,10-13H2,1-4H3,(H-,38,39,40,41). The molecule has 0 saturated carbocycles. The molecular formula is C29H34Cl4N4O6S2. The van der Waals surface area contributed by atoms with Crippen molar-refractivity contribution in [2.75, 3.05) is 22.9 Å². The summed E-state index contributed by atoms with van der Waals surface area (Å²) < 4.78 is 52.5. The van der Waals surface area contributed by atoms with Gasteiger partial charge in [-0.2, -0.15) is 12.8 Å². The van der Waals surface area contributed by atoms with E-state index in [1.54, 1.807) is 12.1 Å². The second-order valence-electron chi connectivity index (χ2n) is 10.5. The second-order valence-corrected chi connectivity index (χ2v) is 14.2. The fourth-order valence-corrected chi connectivity index (χ4v) is 6.52. The summed E-state index contributed by atoms with van der Waals surface area (Å²) in [7, 11) is -4.20. The van der Waals surface area contributed by atoms with Gasteiger partial charge in [0.25, 0.3) is 15.9 Å². The van der Waals surface area contributed by atoms with Crippen LogP contribution < -0.4 is 14.4 Å². The van der Waals surface area contributed by atoms with Gasteiger partial charge in [-0.15, -0.1) is 0 Å². The molecule has 0 bridgehead atoms. The summed E-state index contributed by atoms with van der Waals surface area (Å²) in [5.74, 6) is 1.65. The number of aromatic nitrogens is 2. The smallest absolute Gasteiger partial charge is 0.282 e. The number of allylic oxidation sites excluding steroid dienone is 2. The number of benzene rings is 2. The number of aryl methyl sites for hydroxylation is 2. The van der Waals surface area contributed by atoms with E-state index in [2.05, 4.69) is 18.4 Å². The number of halogens is 4. The molecule has 0 spiro atoms. The van der Waals surface area contributed by atoms with Crippen molar-refractivity contribution in [2.45, 2.75) is 65.0 Å². The number of hydrogen-bond acceptors (Lipinski definition) is 8. The van der Waals surface area contributed by atoms with Gasteiger partial charge in [-0.3, -0.25) is 4.55 Å². The van der Waals surface area contributed by atoms with Crippen LogP contribution in [0.25, 0.3) is 17.1 Å². The molecule has 45 heavy (non-hydrogen) atoms. The molecule has 0 radical (unpaired) electrons. The third-order valence-electron chi connectivity index (χ3n) is 7.69. The van der Waals surface area contributed by atoms with E-state index in [1.165, 1.54) is 6.92 Å². The molecule has 1 aliphatic heterocycles. The van der Waals surface area contributed by atoms with Crippen LogP contribution in [-0.4, -0.2) is 46.5 Å². The van der Waals surface area contributed by atoms with Crippen LogP contribution in [0.2, 0.25) is 20.1 Å². The van der Waals surface area contributed by atoms with Gasteiger partial charge in [0, 0.05) is 37.7 Å². The van der Waals surface area contributed by atoms with Gasteiger partial charge < -0.3 is 14.4 Å². The minimum atomic E-state index is -4.20. The number of anilines is 2. The largest absolute Gasteiger partial charge is 0.774 e. The van der Waals surface area contributed by atoms with Crippen molar-refractivity contribution in [2.24, 2.45) is 0 Å². The Morgan fingerprint density at radius 2 is 1.60 bits per heavy atom. The minimum absolute atomic E-state index is 0.101. The average molecular weight is 741 g/mol. The molecule has 1 aliphatic rings. The van der Waals surface area contributed by atoms with E-state index in [9.17, 15) is 17.5 Å². The van der Waals surface area contributed by atoms with Crippen molar-refractivity contribution in [3.05, 3.63) is 68.2 Å². The lowest BCUT2D eigenvalue weighted by molar-refractivity contribution is -0.675. The highest BCUT2D eigenvalue weighted by Gasteiger charge is 2.32. The maximum Gasteiger partial charge on any atom is 0.282 e. The van der Waals surface area contributed by atoms with Gasteiger partial charge in [0.2, 0.25) is 0 Å². The van der Waals surface area contributed by atoms with Crippen LogP contribution in [0.3, 0.4) is 0 Å². The number of rotatable bonds is 14. The van der Waals surface area contributed by atoms with Crippen molar-refractivity contribution in [1.82, 2.24) is 4.57 Å². The molecule has 2 atom stereocenters. The van der Waals surface area contributed by atoms with Crippen LogP contribution in [0.4, 0.5) is 11.4 Å². The average Bonchev–Trinajstić information content (AvgIpc) is 3.43. The highest BCUT2D eigenvalue weighted by Crippen LogP contribution is 2.45. The van der Waals surface area contributed by atoms with Gasteiger partial charge in [0.05, 0.1) is 55.9 Å². The number of nitrogens with zero attached hydrogens (tertiary/aromatic N) is 4. The molecule has 0 fully saturated rings.